The van der Waals surface area contributed by atoms with E-state index >= 15 is 0 Å². The van der Waals surface area contributed by atoms with Gasteiger partial charge in [-0.05, 0) is 109 Å². The summed E-state index contributed by atoms with van der Waals surface area (Å²) >= 11 is 0. The van der Waals surface area contributed by atoms with Crippen LogP contribution in [0.5, 0.6) is 11.5 Å². The molecule has 4 fully saturated rings. The Bertz CT molecular complexity index is 1080. The van der Waals surface area contributed by atoms with E-state index in [0.29, 0.717) is 12.2 Å². The number of hydrogen-bond acceptors (Lipinski definition) is 4. The lowest BCUT2D eigenvalue weighted by Gasteiger charge is -2.57. The Balaban J connectivity index is 1.39. The maximum atomic E-state index is 12.0. The first-order valence-corrected chi connectivity index (χ1v) is 11.8. The molecule has 0 aromatic heterocycles. The molecule has 32 heavy (non-hydrogen) atoms. The van der Waals surface area contributed by atoms with Gasteiger partial charge >= 0.3 is 5.97 Å². The van der Waals surface area contributed by atoms with Gasteiger partial charge in [-0.15, -0.1) is 0 Å². The lowest BCUT2D eigenvalue weighted by Crippen LogP contribution is -2.48. The molecule has 7 rings (SSSR count). The fourth-order valence-corrected chi connectivity index (χ4v) is 7.35. The van der Waals surface area contributed by atoms with Gasteiger partial charge in [0.25, 0.3) is 0 Å². The number of carbonyl (C=O) groups excluding carboxylic acids is 1. The summed E-state index contributed by atoms with van der Waals surface area (Å²) in [6.07, 6.45) is 10.4. The van der Waals surface area contributed by atoms with E-state index in [1.807, 2.05) is 12.1 Å². The Morgan fingerprint density at radius 3 is 2.34 bits per heavy atom. The summed E-state index contributed by atoms with van der Waals surface area (Å²) in [4.78, 5) is 12.0. The lowest BCUT2D eigenvalue weighted by molar-refractivity contribution is -0.00616. The largest absolute Gasteiger partial charge is 0.496 e. The molecule has 0 spiro atoms. The molecule has 0 saturated heterocycles. The molecule has 166 valence electrons. The molecule has 4 bridgehead atoms. The van der Waals surface area contributed by atoms with Crippen molar-refractivity contribution < 1.29 is 19.0 Å². The fourth-order valence-electron chi connectivity index (χ4n) is 7.35. The van der Waals surface area contributed by atoms with Crippen LogP contribution < -0.4 is 9.47 Å². The first-order valence-electron chi connectivity index (χ1n) is 11.8. The molecule has 0 atom stereocenters. The minimum absolute atomic E-state index is 0.266. The van der Waals surface area contributed by atoms with Crippen LogP contribution in [0.25, 0.3) is 11.6 Å². The second kappa shape index (κ2) is 7.40. The van der Waals surface area contributed by atoms with Gasteiger partial charge in [-0.1, -0.05) is 6.07 Å². The average Bonchev–Trinajstić information content (AvgIpc) is 2.81. The monoisotopic (exact) mass is 430 g/mol. The van der Waals surface area contributed by atoms with Gasteiger partial charge in [-0.3, -0.25) is 0 Å². The molecule has 4 saturated carbocycles. The summed E-state index contributed by atoms with van der Waals surface area (Å²) in [5, 5.41) is 0. The van der Waals surface area contributed by atoms with E-state index in [1.165, 1.54) is 56.8 Å². The molecule has 0 N–H and O–H groups in total. The summed E-state index contributed by atoms with van der Waals surface area (Å²) in [6.45, 7) is 0.525. The zero-order valence-electron chi connectivity index (χ0n) is 18.9. The second-order valence-electron chi connectivity index (χ2n) is 10.3. The zero-order chi connectivity index (χ0) is 21.9. The van der Waals surface area contributed by atoms with Crippen LogP contribution in [-0.2, 0) is 10.2 Å². The molecular formula is C28H30O4. The maximum absolute atomic E-state index is 12.0. The third-order valence-electron chi connectivity index (χ3n) is 8.32. The first-order chi connectivity index (χ1) is 15.6. The van der Waals surface area contributed by atoms with Crippen LogP contribution >= 0.6 is 0 Å². The van der Waals surface area contributed by atoms with Crippen LogP contribution in [0.15, 0.2) is 36.4 Å². The predicted octanol–water partition coefficient (Wildman–Crippen LogP) is 5.88. The number of esters is 1. The Morgan fingerprint density at radius 2 is 1.69 bits per heavy atom. The van der Waals surface area contributed by atoms with Crippen LogP contribution in [0, 0.1) is 17.8 Å². The summed E-state index contributed by atoms with van der Waals surface area (Å²) in [7, 11) is 3.20. The molecule has 4 heteroatoms. The fraction of sp³-hybridized carbons (Fsp3) is 0.464. The van der Waals surface area contributed by atoms with Crippen molar-refractivity contribution in [1.29, 1.82) is 0 Å². The van der Waals surface area contributed by atoms with Crippen molar-refractivity contribution in [3.63, 3.8) is 0 Å². The quantitative estimate of drug-likeness (QED) is 0.568. The van der Waals surface area contributed by atoms with E-state index in [1.54, 1.807) is 13.2 Å². The third kappa shape index (κ3) is 3.15. The molecular weight excluding hydrogens is 400 g/mol. The highest BCUT2D eigenvalue weighted by Gasteiger charge is 2.52. The van der Waals surface area contributed by atoms with Crippen molar-refractivity contribution in [2.45, 2.75) is 43.9 Å². The number of ether oxygens (including phenoxy) is 3. The number of benzene rings is 2. The van der Waals surface area contributed by atoms with Crippen LogP contribution in [0.4, 0.5) is 0 Å². The van der Waals surface area contributed by atoms with Gasteiger partial charge < -0.3 is 14.2 Å². The smallest absolute Gasteiger partial charge is 0.337 e. The molecule has 4 nitrogen and oxygen atoms in total. The molecule has 5 aliphatic rings. The van der Waals surface area contributed by atoms with Crippen LogP contribution in [-0.4, -0.2) is 26.8 Å². The third-order valence-corrected chi connectivity index (χ3v) is 8.32. The van der Waals surface area contributed by atoms with Gasteiger partial charge in [0, 0.05) is 11.1 Å². The van der Waals surface area contributed by atoms with E-state index in [4.69, 9.17) is 14.2 Å². The molecule has 0 radical (unpaired) electrons. The first kappa shape index (κ1) is 19.9. The molecule has 0 unspecified atom stereocenters. The van der Waals surface area contributed by atoms with Crippen LogP contribution in [0.3, 0.4) is 0 Å². The van der Waals surface area contributed by atoms with Crippen molar-refractivity contribution in [2.24, 2.45) is 17.8 Å². The standard InChI is InChI=1S/C28H30O4/c1-30-26-6-3-20(12-24(26)28-13-17-7-18(14-28)9-19(8-17)15-28)23-11-22-10-21(27(29)31-2)4-5-25(22)32-16-23/h3-6,10-12,17-19H,7-9,13-16H2,1-2H3. The van der Waals surface area contributed by atoms with Crippen LogP contribution in [0.2, 0.25) is 0 Å². The molecule has 2 aromatic rings. The minimum Gasteiger partial charge on any atom is -0.496 e. The zero-order valence-corrected chi connectivity index (χ0v) is 18.9. The summed E-state index contributed by atoms with van der Waals surface area (Å²) in [5.41, 5.74) is 5.44. The lowest BCUT2D eigenvalue weighted by atomic mass is 9.48. The van der Waals surface area contributed by atoms with E-state index in [9.17, 15) is 4.79 Å². The summed E-state index contributed by atoms with van der Waals surface area (Å²) in [6, 6.07) is 12.1. The van der Waals surface area contributed by atoms with E-state index in [0.717, 1.165) is 40.4 Å². The predicted molar refractivity (Wildman–Crippen MR) is 124 cm³/mol. The van der Waals surface area contributed by atoms with E-state index in [2.05, 4.69) is 24.3 Å². The van der Waals surface area contributed by atoms with Gasteiger partial charge in [0.1, 0.15) is 18.1 Å². The number of fused-ring (bicyclic) bond motifs is 1. The summed E-state index contributed by atoms with van der Waals surface area (Å²) in [5.74, 6) is 4.15. The van der Waals surface area contributed by atoms with Crippen LogP contribution in [0.1, 0.15) is 65.6 Å². The Hall–Kier alpha value is -2.75. The summed E-state index contributed by atoms with van der Waals surface area (Å²) < 4.78 is 16.8. The molecule has 0 amide bonds. The number of hydrogen-bond donors (Lipinski definition) is 0. The topological polar surface area (TPSA) is 44.8 Å². The number of rotatable bonds is 4. The van der Waals surface area contributed by atoms with Gasteiger partial charge in [-0.25, -0.2) is 4.79 Å². The Kier molecular flexibility index (Phi) is 4.60. The van der Waals surface area contributed by atoms with E-state index < -0.39 is 0 Å². The van der Waals surface area contributed by atoms with Crippen molar-refractivity contribution in [3.05, 3.63) is 58.7 Å². The van der Waals surface area contributed by atoms with Crippen molar-refractivity contribution >= 4 is 17.6 Å². The highest BCUT2D eigenvalue weighted by atomic mass is 16.5. The number of methoxy groups -OCH3 is 2. The normalized spacial score (nSPS) is 29.7. The molecule has 1 aliphatic heterocycles. The highest BCUT2D eigenvalue weighted by Crippen LogP contribution is 2.62. The molecule has 4 aliphatic carbocycles. The maximum Gasteiger partial charge on any atom is 0.337 e. The van der Waals surface area contributed by atoms with Crippen molar-refractivity contribution in [3.8, 4) is 11.5 Å². The minimum atomic E-state index is -0.332. The average molecular weight is 431 g/mol. The van der Waals surface area contributed by atoms with Crippen molar-refractivity contribution in [2.75, 3.05) is 20.8 Å². The van der Waals surface area contributed by atoms with Gasteiger partial charge in [0.2, 0.25) is 0 Å². The number of carbonyl (C=O) groups is 1. The van der Waals surface area contributed by atoms with Gasteiger partial charge in [0.15, 0.2) is 0 Å². The second-order valence-corrected chi connectivity index (χ2v) is 10.3. The Labute approximate surface area is 189 Å². The SMILES string of the molecule is COC(=O)c1ccc2c(c1)C=C(c1ccc(OC)c(C34CC5CC(CC(C5)C3)C4)c1)CO2. The Morgan fingerprint density at radius 1 is 0.969 bits per heavy atom. The van der Waals surface area contributed by atoms with E-state index in [-0.39, 0.29) is 11.4 Å². The van der Waals surface area contributed by atoms with Crippen molar-refractivity contribution in [1.82, 2.24) is 0 Å². The highest BCUT2D eigenvalue weighted by molar-refractivity contribution is 5.93. The molecule has 2 aromatic carbocycles. The van der Waals surface area contributed by atoms with Gasteiger partial charge in [0.05, 0.1) is 19.8 Å². The molecule has 1 heterocycles. The van der Waals surface area contributed by atoms with Gasteiger partial charge in [-0.2, -0.15) is 0 Å².